The van der Waals surface area contributed by atoms with Gasteiger partial charge >= 0.3 is 0 Å². The first-order chi connectivity index (χ1) is 13.3. The topological polar surface area (TPSA) is 72.5 Å². The number of nitrogens with one attached hydrogen (secondary N) is 1. The summed E-state index contributed by atoms with van der Waals surface area (Å²) in [4.78, 5) is 14.0. The zero-order valence-electron chi connectivity index (χ0n) is 15.9. The molecule has 0 aliphatic rings. The van der Waals surface area contributed by atoms with Crippen LogP contribution in [0.15, 0.2) is 59.5 Å². The molecule has 1 N–H and O–H groups in total. The van der Waals surface area contributed by atoms with Gasteiger partial charge in [-0.1, -0.05) is 30.3 Å². The summed E-state index contributed by atoms with van der Waals surface area (Å²) in [7, 11) is -2.11. The molecule has 0 atom stereocenters. The van der Waals surface area contributed by atoms with Crippen LogP contribution < -0.4 is 9.46 Å². The second kappa shape index (κ2) is 8.26. The number of hydrogen-bond donors (Lipinski definition) is 1. The third-order valence-electron chi connectivity index (χ3n) is 4.31. The van der Waals surface area contributed by atoms with Crippen molar-refractivity contribution in [3.05, 3.63) is 81.0 Å². The van der Waals surface area contributed by atoms with E-state index in [4.69, 9.17) is 4.74 Å². The summed E-state index contributed by atoms with van der Waals surface area (Å²) in [6, 6.07) is 15.7. The molecule has 0 saturated heterocycles. The van der Waals surface area contributed by atoms with Crippen LogP contribution in [0.25, 0.3) is 0 Å². The molecule has 1 heterocycles. The number of methoxy groups -OCH3 is 1. The van der Waals surface area contributed by atoms with E-state index in [-0.39, 0.29) is 17.2 Å². The Morgan fingerprint density at radius 3 is 2.29 bits per heavy atom. The molecular weight excluding hydrogens is 394 g/mol. The van der Waals surface area contributed by atoms with Gasteiger partial charge in [-0.05, 0) is 49.2 Å². The number of carbonyl (C=O) groups is 1. The van der Waals surface area contributed by atoms with Gasteiger partial charge in [-0.3, -0.25) is 4.79 Å². The van der Waals surface area contributed by atoms with E-state index in [1.807, 2.05) is 32.0 Å². The number of sulfonamides is 1. The Morgan fingerprint density at radius 2 is 1.68 bits per heavy atom. The molecule has 0 fully saturated rings. The number of thiophene rings is 1. The van der Waals surface area contributed by atoms with Crippen molar-refractivity contribution in [2.75, 3.05) is 7.11 Å². The number of hydrogen-bond acceptors (Lipinski definition) is 5. The van der Waals surface area contributed by atoms with Gasteiger partial charge in [0.15, 0.2) is 0 Å². The number of benzene rings is 2. The van der Waals surface area contributed by atoms with Crippen LogP contribution in [0.1, 0.15) is 31.2 Å². The van der Waals surface area contributed by atoms with Gasteiger partial charge in [0.1, 0.15) is 5.75 Å². The van der Waals surface area contributed by atoms with Crippen LogP contribution >= 0.6 is 11.3 Å². The van der Waals surface area contributed by atoms with E-state index in [0.717, 1.165) is 16.0 Å². The fourth-order valence-corrected chi connectivity index (χ4v) is 5.14. The Morgan fingerprint density at radius 1 is 1.04 bits per heavy atom. The lowest BCUT2D eigenvalue weighted by atomic mass is 10.1. The summed E-state index contributed by atoms with van der Waals surface area (Å²) in [6.45, 7) is 3.75. The van der Waals surface area contributed by atoms with Crippen molar-refractivity contribution in [1.82, 2.24) is 4.72 Å². The highest BCUT2D eigenvalue weighted by atomic mass is 32.2. The predicted molar refractivity (Wildman–Crippen MR) is 111 cm³/mol. The third-order valence-corrected chi connectivity index (χ3v) is 6.77. The molecule has 0 bridgehead atoms. The SMILES string of the molecule is COc1c(C)cc(S(=O)(=O)NCc2ccc(C(=O)c3ccccc3)s2)cc1C. The lowest BCUT2D eigenvalue weighted by molar-refractivity contribution is 0.104. The molecule has 0 radical (unpaired) electrons. The Labute approximate surface area is 169 Å². The number of aryl methyl sites for hydroxylation is 2. The lowest BCUT2D eigenvalue weighted by Crippen LogP contribution is -2.23. The van der Waals surface area contributed by atoms with E-state index in [1.165, 1.54) is 11.3 Å². The molecule has 0 aliphatic carbocycles. The molecule has 0 unspecified atom stereocenters. The summed E-state index contributed by atoms with van der Waals surface area (Å²) in [5, 5.41) is 0. The third kappa shape index (κ3) is 4.32. The van der Waals surface area contributed by atoms with Gasteiger partial charge in [-0.2, -0.15) is 0 Å². The number of carbonyl (C=O) groups excluding carboxylic acids is 1. The van der Waals surface area contributed by atoms with Gasteiger partial charge < -0.3 is 4.74 Å². The molecule has 3 aromatic rings. The van der Waals surface area contributed by atoms with Crippen molar-refractivity contribution in [2.24, 2.45) is 0 Å². The first kappa shape index (κ1) is 20.3. The molecule has 0 saturated carbocycles. The Balaban J connectivity index is 1.74. The predicted octanol–water partition coefficient (Wildman–Crippen LogP) is 4.08. The first-order valence-electron chi connectivity index (χ1n) is 8.65. The van der Waals surface area contributed by atoms with Crippen LogP contribution in [-0.4, -0.2) is 21.3 Å². The minimum Gasteiger partial charge on any atom is -0.496 e. The van der Waals surface area contributed by atoms with Crippen molar-refractivity contribution in [1.29, 1.82) is 0 Å². The van der Waals surface area contributed by atoms with E-state index in [1.54, 1.807) is 43.5 Å². The lowest BCUT2D eigenvalue weighted by Gasteiger charge is -2.12. The van der Waals surface area contributed by atoms with Crippen LogP contribution in [0.2, 0.25) is 0 Å². The second-order valence-electron chi connectivity index (χ2n) is 6.38. The molecule has 5 nitrogen and oxygen atoms in total. The smallest absolute Gasteiger partial charge is 0.240 e. The molecule has 0 amide bonds. The average molecular weight is 416 g/mol. The van der Waals surface area contributed by atoms with Crippen LogP contribution in [0.3, 0.4) is 0 Å². The largest absolute Gasteiger partial charge is 0.496 e. The zero-order chi connectivity index (χ0) is 20.3. The van der Waals surface area contributed by atoms with Crippen LogP contribution in [0, 0.1) is 13.8 Å². The molecule has 7 heteroatoms. The number of ether oxygens (including phenoxy) is 1. The first-order valence-corrected chi connectivity index (χ1v) is 10.9. The van der Waals surface area contributed by atoms with E-state index in [2.05, 4.69) is 4.72 Å². The molecule has 1 aromatic heterocycles. The summed E-state index contributed by atoms with van der Waals surface area (Å²) in [5.74, 6) is 0.613. The van der Waals surface area contributed by atoms with Gasteiger partial charge in [-0.15, -0.1) is 11.3 Å². The molecule has 146 valence electrons. The maximum Gasteiger partial charge on any atom is 0.240 e. The van der Waals surface area contributed by atoms with Gasteiger partial charge in [0.2, 0.25) is 15.8 Å². The Hall–Kier alpha value is -2.48. The maximum absolute atomic E-state index is 12.7. The monoisotopic (exact) mass is 415 g/mol. The van der Waals surface area contributed by atoms with Crippen molar-refractivity contribution < 1.29 is 17.9 Å². The maximum atomic E-state index is 12.7. The fraction of sp³-hybridized carbons (Fsp3) is 0.190. The molecule has 28 heavy (non-hydrogen) atoms. The quantitative estimate of drug-likeness (QED) is 0.590. The minimum absolute atomic E-state index is 0.0684. The van der Waals surface area contributed by atoms with E-state index < -0.39 is 10.0 Å². The van der Waals surface area contributed by atoms with E-state index >= 15 is 0 Å². The highest BCUT2D eigenvalue weighted by molar-refractivity contribution is 7.89. The fourth-order valence-electron chi connectivity index (χ4n) is 2.96. The van der Waals surface area contributed by atoms with Crippen molar-refractivity contribution in [3.8, 4) is 5.75 Å². The summed E-state index contributed by atoms with van der Waals surface area (Å²) in [6.07, 6.45) is 0. The average Bonchev–Trinajstić information content (AvgIpc) is 3.15. The van der Waals surface area contributed by atoms with E-state index in [9.17, 15) is 13.2 Å². The molecule has 3 rings (SSSR count). The normalized spacial score (nSPS) is 11.4. The van der Waals surface area contributed by atoms with E-state index in [0.29, 0.717) is 16.2 Å². The van der Waals surface area contributed by atoms with Crippen LogP contribution in [0.4, 0.5) is 0 Å². The van der Waals surface area contributed by atoms with Crippen molar-refractivity contribution >= 4 is 27.1 Å². The standard InChI is InChI=1S/C21H21NO4S2/c1-14-11-18(12-15(2)21(14)26-3)28(24,25)22-13-17-9-10-19(27-17)20(23)16-7-5-4-6-8-16/h4-12,22H,13H2,1-3H3. The molecular formula is C21H21NO4S2. The Bertz CT molecular complexity index is 1080. The van der Waals surface area contributed by atoms with Gasteiger partial charge in [0.25, 0.3) is 0 Å². The van der Waals surface area contributed by atoms with Crippen LogP contribution in [-0.2, 0) is 16.6 Å². The molecule has 0 spiro atoms. The Kier molecular flexibility index (Phi) is 5.98. The second-order valence-corrected chi connectivity index (χ2v) is 9.31. The summed E-state index contributed by atoms with van der Waals surface area (Å²) < 4.78 is 33.2. The van der Waals surface area contributed by atoms with Gasteiger partial charge in [0, 0.05) is 17.0 Å². The number of rotatable bonds is 7. The van der Waals surface area contributed by atoms with Gasteiger partial charge in [0.05, 0.1) is 16.9 Å². The highest BCUT2D eigenvalue weighted by Gasteiger charge is 2.18. The minimum atomic E-state index is -3.68. The van der Waals surface area contributed by atoms with Crippen molar-refractivity contribution in [2.45, 2.75) is 25.3 Å². The number of ketones is 1. The molecule has 2 aromatic carbocycles. The summed E-state index contributed by atoms with van der Waals surface area (Å²) >= 11 is 1.29. The van der Waals surface area contributed by atoms with Gasteiger partial charge in [-0.25, -0.2) is 13.1 Å². The highest BCUT2D eigenvalue weighted by Crippen LogP contribution is 2.27. The van der Waals surface area contributed by atoms with Crippen LogP contribution in [0.5, 0.6) is 5.75 Å². The summed E-state index contributed by atoms with van der Waals surface area (Å²) in [5.41, 5.74) is 2.13. The zero-order valence-corrected chi connectivity index (χ0v) is 17.5. The molecule has 0 aliphatic heterocycles. The van der Waals surface area contributed by atoms with Crippen molar-refractivity contribution in [3.63, 3.8) is 0 Å².